The van der Waals surface area contributed by atoms with Gasteiger partial charge in [-0.15, -0.1) is 0 Å². The summed E-state index contributed by atoms with van der Waals surface area (Å²) >= 11 is 0. The Labute approximate surface area is 146 Å². The average molecular weight is 329 g/mol. The highest BCUT2D eigenvalue weighted by Crippen LogP contribution is 2.24. The molecular formula is C20H31N3O. The zero-order valence-corrected chi connectivity index (χ0v) is 15.3. The Morgan fingerprint density at radius 3 is 2.33 bits per heavy atom. The number of nitrogens with zero attached hydrogens (tertiary/aromatic N) is 2. The summed E-state index contributed by atoms with van der Waals surface area (Å²) in [5.74, 6) is 0.472. The third kappa shape index (κ3) is 4.37. The van der Waals surface area contributed by atoms with Crippen molar-refractivity contribution in [2.45, 2.75) is 51.7 Å². The molecule has 1 amide bonds. The largest absolute Gasteiger partial charge is 0.351 e. The molecule has 132 valence electrons. The topological polar surface area (TPSA) is 35.6 Å². The Morgan fingerprint density at radius 1 is 1.12 bits per heavy atom. The van der Waals surface area contributed by atoms with Crippen LogP contribution in [-0.2, 0) is 11.3 Å². The number of likely N-dealkylation sites (tertiary alicyclic amines) is 2. The second-order valence-electron chi connectivity index (χ2n) is 8.32. The smallest absolute Gasteiger partial charge is 0.223 e. The van der Waals surface area contributed by atoms with E-state index in [4.69, 9.17) is 0 Å². The van der Waals surface area contributed by atoms with E-state index in [2.05, 4.69) is 60.2 Å². The fourth-order valence-corrected chi connectivity index (χ4v) is 3.76. The van der Waals surface area contributed by atoms with Crippen LogP contribution in [0, 0.1) is 5.92 Å². The molecule has 1 N–H and O–H groups in total. The number of piperidine rings is 1. The van der Waals surface area contributed by atoms with E-state index in [-0.39, 0.29) is 17.4 Å². The zero-order valence-electron chi connectivity index (χ0n) is 15.3. The SMILES string of the molecule is CC(C)(C)N1CCC(C(=O)NC2CN(Cc3ccccc3)C2)CC1. The van der Waals surface area contributed by atoms with Crippen LogP contribution < -0.4 is 5.32 Å². The normalized spacial score (nSPS) is 21.5. The van der Waals surface area contributed by atoms with Crippen LogP contribution in [0.3, 0.4) is 0 Å². The van der Waals surface area contributed by atoms with Crippen molar-refractivity contribution in [2.24, 2.45) is 5.92 Å². The summed E-state index contributed by atoms with van der Waals surface area (Å²) in [5, 5.41) is 3.26. The highest BCUT2D eigenvalue weighted by Gasteiger charge is 2.33. The van der Waals surface area contributed by atoms with Crippen LogP contribution >= 0.6 is 0 Å². The Morgan fingerprint density at radius 2 is 1.75 bits per heavy atom. The summed E-state index contributed by atoms with van der Waals surface area (Å²) in [4.78, 5) is 17.4. The van der Waals surface area contributed by atoms with Gasteiger partial charge >= 0.3 is 0 Å². The summed E-state index contributed by atoms with van der Waals surface area (Å²) in [7, 11) is 0. The lowest BCUT2D eigenvalue weighted by Crippen LogP contribution is -2.60. The van der Waals surface area contributed by atoms with Gasteiger partial charge in [-0.3, -0.25) is 14.6 Å². The van der Waals surface area contributed by atoms with Crippen LogP contribution in [0.15, 0.2) is 30.3 Å². The van der Waals surface area contributed by atoms with Gasteiger partial charge in [0.25, 0.3) is 0 Å². The fraction of sp³-hybridized carbons (Fsp3) is 0.650. The van der Waals surface area contributed by atoms with Crippen molar-refractivity contribution in [3.8, 4) is 0 Å². The first-order valence-corrected chi connectivity index (χ1v) is 9.23. The van der Waals surface area contributed by atoms with E-state index in [9.17, 15) is 4.79 Å². The highest BCUT2D eigenvalue weighted by molar-refractivity contribution is 5.79. The molecule has 0 aromatic heterocycles. The quantitative estimate of drug-likeness (QED) is 0.922. The van der Waals surface area contributed by atoms with E-state index in [1.165, 1.54) is 5.56 Å². The van der Waals surface area contributed by atoms with Crippen molar-refractivity contribution in [1.82, 2.24) is 15.1 Å². The summed E-state index contributed by atoms with van der Waals surface area (Å²) < 4.78 is 0. The number of benzene rings is 1. The Bertz CT molecular complexity index is 538. The van der Waals surface area contributed by atoms with E-state index < -0.39 is 0 Å². The summed E-state index contributed by atoms with van der Waals surface area (Å²) in [6.07, 6.45) is 1.98. The van der Waals surface area contributed by atoms with Crippen LogP contribution in [0.2, 0.25) is 0 Å². The molecule has 4 nitrogen and oxygen atoms in total. The minimum absolute atomic E-state index is 0.201. The Balaban J connectivity index is 1.37. The lowest BCUT2D eigenvalue weighted by molar-refractivity contribution is -0.128. The van der Waals surface area contributed by atoms with Crippen LogP contribution in [-0.4, -0.2) is 53.5 Å². The van der Waals surface area contributed by atoms with Gasteiger partial charge in [0.15, 0.2) is 0 Å². The number of carbonyl (C=O) groups is 1. The molecule has 0 bridgehead atoms. The Kier molecular flexibility index (Phi) is 5.26. The number of nitrogens with one attached hydrogen (secondary N) is 1. The minimum atomic E-state index is 0.201. The third-order valence-electron chi connectivity index (χ3n) is 5.37. The van der Waals surface area contributed by atoms with Crippen molar-refractivity contribution < 1.29 is 4.79 Å². The van der Waals surface area contributed by atoms with Gasteiger partial charge in [-0.2, -0.15) is 0 Å². The molecule has 2 saturated heterocycles. The first-order valence-electron chi connectivity index (χ1n) is 9.23. The molecule has 0 spiro atoms. The zero-order chi connectivity index (χ0) is 17.2. The van der Waals surface area contributed by atoms with E-state index in [1.807, 2.05) is 6.07 Å². The number of hydrogen-bond donors (Lipinski definition) is 1. The molecule has 3 rings (SSSR count). The number of hydrogen-bond acceptors (Lipinski definition) is 3. The number of rotatable bonds is 4. The minimum Gasteiger partial charge on any atom is -0.351 e. The van der Waals surface area contributed by atoms with Crippen LogP contribution in [0.4, 0.5) is 0 Å². The van der Waals surface area contributed by atoms with Gasteiger partial charge < -0.3 is 5.32 Å². The summed E-state index contributed by atoms with van der Waals surface area (Å²) in [6.45, 7) is 11.8. The van der Waals surface area contributed by atoms with Gasteiger partial charge in [0, 0.05) is 31.1 Å². The van der Waals surface area contributed by atoms with E-state index in [0.29, 0.717) is 6.04 Å². The van der Waals surface area contributed by atoms with Gasteiger partial charge in [0.2, 0.25) is 5.91 Å². The molecule has 0 unspecified atom stereocenters. The van der Waals surface area contributed by atoms with Crippen molar-refractivity contribution in [2.75, 3.05) is 26.2 Å². The van der Waals surface area contributed by atoms with E-state index in [0.717, 1.165) is 45.6 Å². The van der Waals surface area contributed by atoms with Gasteiger partial charge in [0.05, 0.1) is 6.04 Å². The van der Waals surface area contributed by atoms with Gasteiger partial charge in [-0.1, -0.05) is 30.3 Å². The second kappa shape index (κ2) is 7.24. The predicted molar refractivity (Wildman–Crippen MR) is 97.7 cm³/mol. The van der Waals surface area contributed by atoms with Crippen molar-refractivity contribution in [3.63, 3.8) is 0 Å². The lowest BCUT2D eigenvalue weighted by atomic mass is 9.92. The number of amides is 1. The maximum Gasteiger partial charge on any atom is 0.223 e. The number of carbonyl (C=O) groups excluding carboxylic acids is 1. The van der Waals surface area contributed by atoms with Crippen LogP contribution in [0.1, 0.15) is 39.2 Å². The maximum atomic E-state index is 12.5. The van der Waals surface area contributed by atoms with E-state index in [1.54, 1.807) is 0 Å². The first-order chi connectivity index (χ1) is 11.4. The third-order valence-corrected chi connectivity index (χ3v) is 5.37. The molecule has 4 heteroatoms. The van der Waals surface area contributed by atoms with Gasteiger partial charge in [-0.25, -0.2) is 0 Å². The molecule has 0 radical (unpaired) electrons. The summed E-state index contributed by atoms with van der Waals surface area (Å²) in [6, 6.07) is 10.9. The van der Waals surface area contributed by atoms with Gasteiger partial charge in [0.1, 0.15) is 0 Å². The van der Waals surface area contributed by atoms with Crippen molar-refractivity contribution in [3.05, 3.63) is 35.9 Å². The van der Waals surface area contributed by atoms with Crippen LogP contribution in [0.5, 0.6) is 0 Å². The van der Waals surface area contributed by atoms with Crippen molar-refractivity contribution >= 4 is 5.91 Å². The molecule has 2 fully saturated rings. The van der Waals surface area contributed by atoms with Gasteiger partial charge in [-0.05, 0) is 52.3 Å². The summed E-state index contributed by atoms with van der Waals surface area (Å²) in [5.41, 5.74) is 1.56. The molecule has 2 aliphatic heterocycles. The monoisotopic (exact) mass is 329 g/mol. The molecule has 1 aromatic rings. The molecule has 0 atom stereocenters. The molecule has 2 heterocycles. The molecule has 2 aliphatic rings. The highest BCUT2D eigenvalue weighted by atomic mass is 16.2. The van der Waals surface area contributed by atoms with E-state index >= 15 is 0 Å². The Hall–Kier alpha value is -1.39. The standard InChI is InChI=1S/C20H31N3O/c1-20(2,3)23-11-9-17(10-12-23)19(24)21-18-14-22(15-18)13-16-7-5-4-6-8-16/h4-8,17-18H,9-15H2,1-3H3,(H,21,24). The first kappa shape index (κ1) is 17.4. The molecular weight excluding hydrogens is 298 g/mol. The maximum absolute atomic E-state index is 12.5. The van der Waals surface area contributed by atoms with Crippen LogP contribution in [0.25, 0.3) is 0 Å². The molecule has 1 aromatic carbocycles. The average Bonchev–Trinajstić information content (AvgIpc) is 2.53. The fourth-order valence-electron chi connectivity index (χ4n) is 3.76. The molecule has 24 heavy (non-hydrogen) atoms. The lowest BCUT2D eigenvalue weighted by Gasteiger charge is -2.42. The molecule has 0 aliphatic carbocycles. The predicted octanol–water partition coefficient (Wildman–Crippen LogP) is 2.50. The molecule has 0 saturated carbocycles. The second-order valence-corrected chi connectivity index (χ2v) is 8.32. The van der Waals surface area contributed by atoms with Crippen molar-refractivity contribution in [1.29, 1.82) is 0 Å².